The molecule has 2 fully saturated rings. The first-order valence-electron chi connectivity index (χ1n) is 12.7. The van der Waals surface area contributed by atoms with E-state index in [9.17, 15) is 13.2 Å². The summed E-state index contributed by atoms with van der Waals surface area (Å²) in [6, 6.07) is 2.02. The lowest BCUT2D eigenvalue weighted by atomic mass is 9.78. The Labute approximate surface area is 196 Å². The summed E-state index contributed by atoms with van der Waals surface area (Å²) in [7, 11) is 0. The quantitative estimate of drug-likeness (QED) is 0.462. The van der Waals surface area contributed by atoms with E-state index in [4.69, 9.17) is 10.1 Å². The van der Waals surface area contributed by atoms with Crippen LogP contribution in [0.25, 0.3) is 5.65 Å². The molecule has 1 unspecified atom stereocenters. The molecule has 0 aromatic carbocycles. The minimum atomic E-state index is -4.08. The van der Waals surface area contributed by atoms with Crippen molar-refractivity contribution in [1.29, 1.82) is 0 Å². The van der Waals surface area contributed by atoms with E-state index < -0.39 is 12.1 Å². The standard InChI is InChI=1S/C26H39F3N4/c1-6-12-25(5)13-7-14-32(16-25)24-23(17(2)3)18(4)30-22-15-21(31-33(22)24)19-8-10-20(11-9-19)26(27,28)29/h15,17,19-20H,6-14,16H2,1-5H3/t19-,20-,25?. The van der Waals surface area contributed by atoms with Gasteiger partial charge in [-0.05, 0) is 63.2 Å². The third-order valence-electron chi connectivity index (χ3n) is 7.94. The van der Waals surface area contributed by atoms with Crippen LogP contribution in [0.2, 0.25) is 0 Å². The molecular weight excluding hydrogens is 425 g/mol. The number of piperidine rings is 1. The maximum atomic E-state index is 13.1. The van der Waals surface area contributed by atoms with E-state index in [1.165, 1.54) is 24.8 Å². The fourth-order valence-electron chi connectivity index (χ4n) is 6.33. The van der Waals surface area contributed by atoms with E-state index in [2.05, 4.69) is 39.5 Å². The molecule has 0 spiro atoms. The van der Waals surface area contributed by atoms with Crippen LogP contribution in [-0.4, -0.2) is 33.9 Å². The molecule has 4 nitrogen and oxygen atoms in total. The third-order valence-corrected chi connectivity index (χ3v) is 7.94. The Balaban J connectivity index is 1.71. The molecule has 7 heteroatoms. The number of alkyl halides is 3. The molecule has 1 atom stereocenters. The zero-order valence-electron chi connectivity index (χ0n) is 20.8. The van der Waals surface area contributed by atoms with Crippen LogP contribution in [0.4, 0.5) is 19.0 Å². The van der Waals surface area contributed by atoms with Crippen molar-refractivity contribution in [2.24, 2.45) is 11.3 Å². The van der Waals surface area contributed by atoms with E-state index in [-0.39, 0.29) is 24.2 Å². The van der Waals surface area contributed by atoms with E-state index in [1.807, 2.05) is 10.6 Å². The number of anilines is 1. The van der Waals surface area contributed by atoms with Crippen LogP contribution in [0.1, 0.15) is 108 Å². The monoisotopic (exact) mass is 464 g/mol. The number of rotatable bonds is 5. The molecule has 1 aliphatic heterocycles. The Kier molecular flexibility index (Phi) is 6.71. The summed E-state index contributed by atoms with van der Waals surface area (Å²) in [5.41, 5.74) is 4.28. The molecule has 2 aliphatic rings. The minimum absolute atomic E-state index is 0.0765. The van der Waals surface area contributed by atoms with Crippen LogP contribution in [0.3, 0.4) is 0 Å². The zero-order valence-corrected chi connectivity index (χ0v) is 20.8. The summed E-state index contributed by atoms with van der Waals surface area (Å²) < 4.78 is 41.4. The van der Waals surface area contributed by atoms with Crippen LogP contribution in [-0.2, 0) is 0 Å². The summed E-state index contributed by atoms with van der Waals surface area (Å²) in [6.07, 6.45) is 2.18. The van der Waals surface area contributed by atoms with Crippen LogP contribution in [0, 0.1) is 18.3 Å². The fraction of sp³-hybridized carbons (Fsp3) is 0.769. The van der Waals surface area contributed by atoms with E-state index in [1.54, 1.807) is 0 Å². The lowest BCUT2D eigenvalue weighted by Crippen LogP contribution is -2.43. The number of fused-ring (bicyclic) bond motifs is 1. The predicted molar refractivity (Wildman–Crippen MR) is 127 cm³/mol. The van der Waals surface area contributed by atoms with Crippen molar-refractivity contribution in [2.45, 2.75) is 104 Å². The molecule has 2 aromatic heterocycles. The second-order valence-electron chi connectivity index (χ2n) is 11.1. The first kappa shape index (κ1) is 24.3. The molecule has 1 aliphatic carbocycles. The number of hydrogen-bond donors (Lipinski definition) is 0. The zero-order chi connectivity index (χ0) is 24.0. The molecule has 1 saturated heterocycles. The van der Waals surface area contributed by atoms with E-state index in [0.29, 0.717) is 18.8 Å². The Morgan fingerprint density at radius 2 is 1.88 bits per heavy atom. The van der Waals surface area contributed by atoms with Gasteiger partial charge in [0.1, 0.15) is 5.82 Å². The van der Waals surface area contributed by atoms with Crippen molar-refractivity contribution in [3.63, 3.8) is 0 Å². The summed E-state index contributed by atoms with van der Waals surface area (Å²) in [5.74, 6) is 0.363. The molecule has 2 aromatic rings. The minimum Gasteiger partial charge on any atom is -0.356 e. The molecule has 0 N–H and O–H groups in total. The molecule has 0 amide bonds. The van der Waals surface area contributed by atoms with Crippen molar-refractivity contribution >= 4 is 11.5 Å². The average Bonchev–Trinajstić information content (AvgIpc) is 3.15. The van der Waals surface area contributed by atoms with E-state index >= 15 is 0 Å². The molecule has 33 heavy (non-hydrogen) atoms. The van der Waals surface area contributed by atoms with Gasteiger partial charge in [-0.25, -0.2) is 4.98 Å². The first-order chi connectivity index (χ1) is 15.5. The number of hydrogen-bond acceptors (Lipinski definition) is 3. The Morgan fingerprint density at radius 3 is 2.48 bits per heavy atom. The SMILES string of the molecule is CCCC1(C)CCCN(c2c(C(C)C)c(C)nc3cc([C@H]4CC[C@H](C(F)(F)F)CC4)nn23)C1. The van der Waals surface area contributed by atoms with Gasteiger partial charge >= 0.3 is 6.18 Å². The lowest BCUT2D eigenvalue weighted by molar-refractivity contribution is -0.182. The van der Waals surface area contributed by atoms with Crippen molar-refractivity contribution in [2.75, 3.05) is 18.0 Å². The molecule has 184 valence electrons. The second kappa shape index (κ2) is 9.10. The maximum absolute atomic E-state index is 13.1. The lowest BCUT2D eigenvalue weighted by Gasteiger charge is -2.42. The largest absolute Gasteiger partial charge is 0.391 e. The van der Waals surface area contributed by atoms with Gasteiger partial charge in [-0.2, -0.15) is 22.8 Å². The topological polar surface area (TPSA) is 33.4 Å². The van der Waals surface area contributed by atoms with Crippen molar-refractivity contribution in [3.8, 4) is 0 Å². The van der Waals surface area contributed by atoms with Gasteiger partial charge in [0.15, 0.2) is 5.65 Å². The van der Waals surface area contributed by atoms with Gasteiger partial charge in [0.2, 0.25) is 0 Å². The predicted octanol–water partition coefficient (Wildman–Crippen LogP) is 7.40. The maximum Gasteiger partial charge on any atom is 0.391 e. The first-order valence-corrected chi connectivity index (χ1v) is 12.7. The van der Waals surface area contributed by atoms with Gasteiger partial charge in [-0.3, -0.25) is 0 Å². The number of nitrogens with zero attached hydrogens (tertiary/aromatic N) is 4. The molecule has 3 heterocycles. The van der Waals surface area contributed by atoms with Gasteiger partial charge in [0.25, 0.3) is 0 Å². The highest BCUT2D eigenvalue weighted by Gasteiger charge is 2.42. The number of halogens is 3. The summed E-state index contributed by atoms with van der Waals surface area (Å²) in [5, 5.41) is 5.01. The highest BCUT2D eigenvalue weighted by atomic mass is 19.4. The normalized spacial score (nSPS) is 27.0. The highest BCUT2D eigenvalue weighted by molar-refractivity contribution is 5.59. The van der Waals surface area contributed by atoms with Crippen LogP contribution in [0.15, 0.2) is 6.07 Å². The third kappa shape index (κ3) is 4.88. The van der Waals surface area contributed by atoms with Crippen molar-refractivity contribution < 1.29 is 13.2 Å². The van der Waals surface area contributed by atoms with Crippen molar-refractivity contribution in [3.05, 3.63) is 23.0 Å². The second-order valence-corrected chi connectivity index (χ2v) is 11.1. The van der Waals surface area contributed by atoms with E-state index in [0.717, 1.165) is 42.4 Å². The van der Waals surface area contributed by atoms with Crippen LogP contribution >= 0.6 is 0 Å². The number of aromatic nitrogens is 3. The smallest absolute Gasteiger partial charge is 0.356 e. The number of aryl methyl sites for hydroxylation is 1. The van der Waals surface area contributed by atoms with Gasteiger partial charge < -0.3 is 4.90 Å². The van der Waals surface area contributed by atoms with Gasteiger partial charge in [-0.15, -0.1) is 0 Å². The summed E-state index contributed by atoms with van der Waals surface area (Å²) >= 11 is 0. The summed E-state index contributed by atoms with van der Waals surface area (Å²) in [6.45, 7) is 13.2. The fourth-order valence-corrected chi connectivity index (χ4v) is 6.33. The summed E-state index contributed by atoms with van der Waals surface area (Å²) in [4.78, 5) is 7.40. The Hall–Kier alpha value is -1.79. The van der Waals surface area contributed by atoms with Crippen LogP contribution in [0.5, 0.6) is 0 Å². The van der Waals surface area contributed by atoms with Gasteiger partial charge in [-0.1, -0.05) is 34.1 Å². The van der Waals surface area contributed by atoms with Crippen LogP contribution < -0.4 is 4.90 Å². The average molecular weight is 465 g/mol. The van der Waals surface area contributed by atoms with Gasteiger partial charge in [0, 0.05) is 36.3 Å². The molecule has 0 radical (unpaired) electrons. The Morgan fingerprint density at radius 1 is 1.18 bits per heavy atom. The molecular formula is C26H39F3N4. The van der Waals surface area contributed by atoms with Gasteiger partial charge in [0.05, 0.1) is 11.6 Å². The highest BCUT2D eigenvalue weighted by Crippen LogP contribution is 2.44. The Bertz CT molecular complexity index is 968. The molecule has 1 saturated carbocycles. The molecule has 4 rings (SSSR count). The van der Waals surface area contributed by atoms with Crippen molar-refractivity contribution in [1.82, 2.24) is 14.6 Å². The molecule has 0 bridgehead atoms.